The van der Waals surface area contributed by atoms with Crippen LogP contribution < -0.4 is 5.32 Å². The summed E-state index contributed by atoms with van der Waals surface area (Å²) in [6, 6.07) is 22.3. The van der Waals surface area contributed by atoms with Gasteiger partial charge >= 0.3 is 6.03 Å². The second-order valence-corrected chi connectivity index (χ2v) is 7.56. The Hall–Kier alpha value is -2.76. The van der Waals surface area contributed by atoms with Crippen LogP contribution in [0.3, 0.4) is 0 Å². The van der Waals surface area contributed by atoms with Crippen molar-refractivity contribution in [3.8, 4) is 0 Å². The summed E-state index contributed by atoms with van der Waals surface area (Å²) in [7, 11) is 0. The number of piperazine rings is 1. The van der Waals surface area contributed by atoms with E-state index >= 15 is 0 Å². The van der Waals surface area contributed by atoms with Crippen LogP contribution in [0.4, 0.5) is 4.79 Å². The fourth-order valence-corrected chi connectivity index (χ4v) is 3.89. The Morgan fingerprint density at radius 2 is 1.62 bits per heavy atom. The number of benzene rings is 2. The van der Waals surface area contributed by atoms with Gasteiger partial charge in [0.1, 0.15) is 5.76 Å². The van der Waals surface area contributed by atoms with Crippen LogP contribution in [-0.4, -0.2) is 42.0 Å². The van der Waals surface area contributed by atoms with E-state index in [1.54, 1.807) is 6.26 Å². The molecule has 1 fully saturated rings. The van der Waals surface area contributed by atoms with Gasteiger partial charge in [-0.3, -0.25) is 4.90 Å². The standard InChI is InChI=1S/C23H24ClN3O2/c24-20-10-8-19(9-11-20)22(18-5-2-1-3-6-18)26-12-14-27(15-13-26)23(28)25-17-21-7-4-16-29-21/h1-11,16,22H,12-15,17H2,(H,25,28)/t22-/m1/s1. The van der Waals surface area contributed by atoms with Gasteiger partial charge in [-0.05, 0) is 35.4 Å². The third kappa shape index (κ3) is 4.81. The molecule has 1 atom stereocenters. The van der Waals surface area contributed by atoms with Crippen molar-refractivity contribution in [2.24, 2.45) is 0 Å². The first kappa shape index (κ1) is 19.6. The van der Waals surface area contributed by atoms with E-state index in [1.165, 1.54) is 11.1 Å². The molecule has 1 saturated heterocycles. The van der Waals surface area contributed by atoms with Crippen molar-refractivity contribution in [1.29, 1.82) is 0 Å². The van der Waals surface area contributed by atoms with Gasteiger partial charge < -0.3 is 14.6 Å². The Balaban J connectivity index is 1.42. The van der Waals surface area contributed by atoms with E-state index in [2.05, 4.69) is 46.6 Å². The predicted octanol–water partition coefficient (Wildman–Crippen LogP) is 4.55. The Morgan fingerprint density at radius 1 is 0.931 bits per heavy atom. The lowest BCUT2D eigenvalue weighted by Crippen LogP contribution is -2.52. The molecule has 5 nitrogen and oxygen atoms in total. The Kier molecular flexibility index (Phi) is 6.17. The molecule has 2 aromatic carbocycles. The monoisotopic (exact) mass is 409 g/mol. The van der Waals surface area contributed by atoms with Crippen molar-refractivity contribution < 1.29 is 9.21 Å². The van der Waals surface area contributed by atoms with Gasteiger partial charge in [0.05, 0.1) is 18.8 Å². The van der Waals surface area contributed by atoms with E-state index in [4.69, 9.17) is 16.0 Å². The second-order valence-electron chi connectivity index (χ2n) is 7.13. The maximum absolute atomic E-state index is 12.5. The number of carbonyl (C=O) groups excluding carboxylic acids is 1. The molecule has 6 heteroatoms. The normalized spacial score (nSPS) is 15.8. The van der Waals surface area contributed by atoms with Gasteiger partial charge in [-0.15, -0.1) is 0 Å². The highest BCUT2D eigenvalue weighted by atomic mass is 35.5. The highest BCUT2D eigenvalue weighted by Gasteiger charge is 2.28. The lowest BCUT2D eigenvalue weighted by Gasteiger charge is -2.39. The molecule has 0 unspecified atom stereocenters. The zero-order valence-corrected chi connectivity index (χ0v) is 16.9. The fourth-order valence-electron chi connectivity index (χ4n) is 3.77. The lowest BCUT2D eigenvalue weighted by molar-refractivity contribution is 0.120. The molecular formula is C23H24ClN3O2. The zero-order chi connectivity index (χ0) is 20.1. The number of urea groups is 1. The molecule has 0 aliphatic carbocycles. The lowest BCUT2D eigenvalue weighted by atomic mass is 9.96. The molecule has 4 rings (SSSR count). The fraction of sp³-hybridized carbons (Fsp3) is 0.261. The Morgan fingerprint density at radius 3 is 2.28 bits per heavy atom. The van der Waals surface area contributed by atoms with Crippen LogP contribution in [0.1, 0.15) is 22.9 Å². The minimum atomic E-state index is -0.0520. The summed E-state index contributed by atoms with van der Waals surface area (Å²) in [4.78, 5) is 16.8. The van der Waals surface area contributed by atoms with Crippen molar-refractivity contribution >= 4 is 17.6 Å². The number of hydrogen-bond donors (Lipinski definition) is 1. The van der Waals surface area contributed by atoms with Gasteiger partial charge in [-0.1, -0.05) is 54.1 Å². The zero-order valence-electron chi connectivity index (χ0n) is 16.1. The molecule has 29 heavy (non-hydrogen) atoms. The molecule has 150 valence electrons. The number of nitrogens with one attached hydrogen (secondary N) is 1. The molecular weight excluding hydrogens is 386 g/mol. The van der Waals surface area contributed by atoms with Crippen molar-refractivity contribution in [2.45, 2.75) is 12.6 Å². The number of hydrogen-bond acceptors (Lipinski definition) is 3. The van der Waals surface area contributed by atoms with Crippen molar-refractivity contribution in [1.82, 2.24) is 15.1 Å². The molecule has 3 aromatic rings. The van der Waals surface area contributed by atoms with E-state index in [9.17, 15) is 4.79 Å². The minimum absolute atomic E-state index is 0.0520. The number of furan rings is 1. The van der Waals surface area contributed by atoms with E-state index in [0.717, 1.165) is 23.9 Å². The van der Waals surface area contributed by atoms with Crippen LogP contribution in [-0.2, 0) is 6.54 Å². The topological polar surface area (TPSA) is 48.7 Å². The van der Waals surface area contributed by atoms with Crippen LogP contribution in [0.5, 0.6) is 0 Å². The maximum Gasteiger partial charge on any atom is 0.317 e. The van der Waals surface area contributed by atoms with Crippen LogP contribution in [0.25, 0.3) is 0 Å². The van der Waals surface area contributed by atoms with Gasteiger partial charge in [0, 0.05) is 31.2 Å². The number of amides is 2. The first-order valence-corrected chi connectivity index (χ1v) is 10.2. The smallest absolute Gasteiger partial charge is 0.317 e. The average Bonchev–Trinajstić information content (AvgIpc) is 3.29. The van der Waals surface area contributed by atoms with Gasteiger partial charge in [0.25, 0.3) is 0 Å². The van der Waals surface area contributed by atoms with Gasteiger partial charge in [0.2, 0.25) is 0 Å². The summed E-state index contributed by atoms with van der Waals surface area (Å²) in [5.41, 5.74) is 2.45. The molecule has 0 saturated carbocycles. The molecule has 1 aliphatic heterocycles. The largest absolute Gasteiger partial charge is 0.467 e. The molecule has 0 spiro atoms. The van der Waals surface area contributed by atoms with Crippen LogP contribution in [0.15, 0.2) is 77.4 Å². The summed E-state index contributed by atoms with van der Waals surface area (Å²) in [5.74, 6) is 0.754. The molecule has 1 N–H and O–H groups in total. The van der Waals surface area contributed by atoms with E-state index in [-0.39, 0.29) is 12.1 Å². The maximum atomic E-state index is 12.5. The molecule has 1 aliphatic rings. The highest BCUT2D eigenvalue weighted by molar-refractivity contribution is 6.30. The summed E-state index contributed by atoms with van der Waals surface area (Å²) < 4.78 is 5.28. The second kappa shape index (κ2) is 9.16. The van der Waals surface area contributed by atoms with Gasteiger partial charge in [-0.2, -0.15) is 0 Å². The molecule has 2 amide bonds. The van der Waals surface area contributed by atoms with Crippen LogP contribution in [0.2, 0.25) is 5.02 Å². The molecule has 1 aromatic heterocycles. The third-order valence-electron chi connectivity index (χ3n) is 5.26. The number of nitrogens with zero attached hydrogens (tertiary/aromatic N) is 2. The minimum Gasteiger partial charge on any atom is -0.467 e. The SMILES string of the molecule is O=C(NCc1ccco1)N1CCN([C@H](c2ccccc2)c2ccc(Cl)cc2)CC1. The van der Waals surface area contributed by atoms with E-state index in [1.807, 2.05) is 35.2 Å². The molecule has 0 radical (unpaired) electrons. The Bertz CT molecular complexity index is 905. The highest BCUT2D eigenvalue weighted by Crippen LogP contribution is 2.30. The summed E-state index contributed by atoms with van der Waals surface area (Å²) in [6.45, 7) is 3.37. The van der Waals surface area contributed by atoms with Crippen molar-refractivity contribution in [3.05, 3.63) is 94.9 Å². The Labute approximate surface area is 175 Å². The predicted molar refractivity (Wildman–Crippen MR) is 114 cm³/mol. The summed E-state index contributed by atoms with van der Waals surface area (Å²) in [6.07, 6.45) is 1.61. The molecule has 2 heterocycles. The third-order valence-corrected chi connectivity index (χ3v) is 5.51. The van der Waals surface area contributed by atoms with Crippen LogP contribution >= 0.6 is 11.6 Å². The molecule has 0 bridgehead atoms. The summed E-state index contributed by atoms with van der Waals surface area (Å²) >= 11 is 6.10. The summed E-state index contributed by atoms with van der Waals surface area (Å²) in [5, 5.41) is 3.66. The average molecular weight is 410 g/mol. The first-order chi connectivity index (χ1) is 14.2. The van der Waals surface area contributed by atoms with Crippen molar-refractivity contribution in [3.63, 3.8) is 0 Å². The number of carbonyl (C=O) groups is 1. The van der Waals surface area contributed by atoms with Gasteiger partial charge in [0.15, 0.2) is 0 Å². The van der Waals surface area contributed by atoms with E-state index < -0.39 is 0 Å². The van der Waals surface area contributed by atoms with Crippen molar-refractivity contribution in [2.75, 3.05) is 26.2 Å². The number of rotatable bonds is 5. The first-order valence-electron chi connectivity index (χ1n) is 9.80. The quantitative estimate of drug-likeness (QED) is 0.672. The van der Waals surface area contributed by atoms with Crippen LogP contribution in [0, 0.1) is 0 Å². The van der Waals surface area contributed by atoms with Gasteiger partial charge in [-0.25, -0.2) is 4.79 Å². The van der Waals surface area contributed by atoms with E-state index in [0.29, 0.717) is 19.6 Å². The number of halogens is 1.